The van der Waals surface area contributed by atoms with Crippen LogP contribution in [-0.4, -0.2) is 32.9 Å². The summed E-state index contributed by atoms with van der Waals surface area (Å²) in [5, 5.41) is 2.81. The summed E-state index contributed by atoms with van der Waals surface area (Å²) in [7, 11) is 0. The molecule has 1 aromatic heterocycles. The first-order valence-electron chi connectivity index (χ1n) is 10.1. The van der Waals surface area contributed by atoms with Gasteiger partial charge in [0.05, 0.1) is 0 Å². The van der Waals surface area contributed by atoms with E-state index in [0.29, 0.717) is 36.9 Å². The molecule has 8 nitrogen and oxygen atoms in total. The Bertz CT molecular complexity index is 919. The van der Waals surface area contributed by atoms with Gasteiger partial charge in [-0.25, -0.2) is 4.98 Å². The second-order valence-corrected chi connectivity index (χ2v) is 7.16. The number of hydrogen-bond donors (Lipinski definition) is 2. The molecule has 160 valence electrons. The fourth-order valence-electron chi connectivity index (χ4n) is 3.21. The summed E-state index contributed by atoms with van der Waals surface area (Å²) in [6, 6.07) is 5.97. The standard InChI is InChI=1S/C22H28N4O4/c1-3-18(28)10-5-4-6-11-19(26-13-12-24-21(26)20(23)29)22(30)25-17-9-7-8-16(14-17)15(2)27/h7-9,12-14,19H,3-6,10-11H2,1-2H3,(H2,23,29)(H,25,30)/t19-/m0/s1. The first kappa shape index (κ1) is 23.0. The molecule has 0 aliphatic heterocycles. The number of anilines is 1. The van der Waals surface area contributed by atoms with Crippen LogP contribution >= 0.6 is 0 Å². The fraction of sp³-hybridized carbons (Fsp3) is 0.409. The summed E-state index contributed by atoms with van der Waals surface area (Å²) < 4.78 is 1.48. The zero-order chi connectivity index (χ0) is 22.1. The molecule has 0 saturated heterocycles. The van der Waals surface area contributed by atoms with Gasteiger partial charge in [-0.3, -0.25) is 19.2 Å². The topological polar surface area (TPSA) is 124 Å². The van der Waals surface area contributed by atoms with E-state index in [-0.39, 0.29) is 23.3 Å². The fourth-order valence-corrected chi connectivity index (χ4v) is 3.21. The zero-order valence-electron chi connectivity index (χ0n) is 17.4. The summed E-state index contributed by atoms with van der Waals surface area (Å²) in [5.41, 5.74) is 6.38. The van der Waals surface area contributed by atoms with Crippen molar-refractivity contribution in [1.29, 1.82) is 0 Å². The predicted molar refractivity (Wildman–Crippen MR) is 113 cm³/mol. The minimum atomic E-state index is -0.718. The molecule has 2 aromatic rings. The molecule has 3 N–H and O–H groups in total. The molecular weight excluding hydrogens is 384 g/mol. The molecule has 0 radical (unpaired) electrons. The second kappa shape index (κ2) is 11.0. The number of Topliss-reactive ketones (excluding diaryl/α,β-unsaturated/α-hetero) is 2. The maximum Gasteiger partial charge on any atom is 0.284 e. The van der Waals surface area contributed by atoms with Crippen molar-refractivity contribution in [2.45, 2.75) is 58.4 Å². The van der Waals surface area contributed by atoms with E-state index in [9.17, 15) is 19.2 Å². The monoisotopic (exact) mass is 412 g/mol. The largest absolute Gasteiger partial charge is 0.363 e. The number of benzene rings is 1. The Morgan fingerprint density at radius 3 is 2.60 bits per heavy atom. The Balaban J connectivity index is 2.14. The highest BCUT2D eigenvalue weighted by Gasteiger charge is 2.24. The van der Waals surface area contributed by atoms with Crippen LogP contribution in [-0.2, 0) is 9.59 Å². The number of nitrogens with two attached hydrogens (primary N) is 1. The third kappa shape index (κ3) is 6.37. The lowest BCUT2D eigenvalue weighted by molar-refractivity contribution is -0.120. The number of amides is 2. The minimum absolute atomic E-state index is 0.00815. The summed E-state index contributed by atoms with van der Waals surface area (Å²) in [5.74, 6) is -0.922. The highest BCUT2D eigenvalue weighted by atomic mass is 16.2. The third-order valence-electron chi connectivity index (χ3n) is 4.89. The summed E-state index contributed by atoms with van der Waals surface area (Å²) in [4.78, 5) is 51.7. The van der Waals surface area contributed by atoms with Gasteiger partial charge in [0.25, 0.3) is 5.91 Å². The van der Waals surface area contributed by atoms with Gasteiger partial charge in [0.2, 0.25) is 5.91 Å². The molecule has 1 heterocycles. The van der Waals surface area contributed by atoms with Gasteiger partial charge in [-0.2, -0.15) is 0 Å². The van der Waals surface area contributed by atoms with Crippen LogP contribution in [0.15, 0.2) is 36.7 Å². The number of imidazole rings is 1. The lowest BCUT2D eigenvalue weighted by Gasteiger charge is -2.20. The third-order valence-corrected chi connectivity index (χ3v) is 4.89. The summed E-state index contributed by atoms with van der Waals surface area (Å²) in [6.07, 6.45) is 6.73. The number of carbonyl (C=O) groups excluding carboxylic acids is 4. The summed E-state index contributed by atoms with van der Waals surface area (Å²) in [6.45, 7) is 3.30. The number of nitrogens with zero attached hydrogens (tertiary/aromatic N) is 2. The van der Waals surface area contributed by atoms with E-state index in [0.717, 1.165) is 12.8 Å². The number of hydrogen-bond acceptors (Lipinski definition) is 5. The molecule has 0 aliphatic rings. The number of unbranched alkanes of at least 4 members (excludes halogenated alkanes) is 2. The first-order valence-corrected chi connectivity index (χ1v) is 10.1. The van der Waals surface area contributed by atoms with Crippen molar-refractivity contribution in [3.05, 3.63) is 48.0 Å². The Kier molecular flexibility index (Phi) is 8.46. The average Bonchev–Trinajstić information content (AvgIpc) is 3.20. The van der Waals surface area contributed by atoms with E-state index < -0.39 is 11.9 Å². The van der Waals surface area contributed by atoms with Gasteiger partial charge in [0.1, 0.15) is 11.8 Å². The Hall–Kier alpha value is -3.29. The van der Waals surface area contributed by atoms with Crippen LogP contribution in [0, 0.1) is 0 Å². The van der Waals surface area contributed by atoms with Gasteiger partial charge in [0, 0.05) is 36.5 Å². The van der Waals surface area contributed by atoms with Crippen molar-refractivity contribution in [2.24, 2.45) is 5.73 Å². The van der Waals surface area contributed by atoms with Gasteiger partial charge in [-0.1, -0.05) is 31.9 Å². The molecule has 0 saturated carbocycles. The maximum absolute atomic E-state index is 13.0. The van der Waals surface area contributed by atoms with Gasteiger partial charge in [-0.05, 0) is 31.9 Å². The number of rotatable bonds is 12. The van der Waals surface area contributed by atoms with Crippen molar-refractivity contribution < 1.29 is 19.2 Å². The predicted octanol–water partition coefficient (Wildman–Crippen LogP) is 3.29. The van der Waals surface area contributed by atoms with Crippen LogP contribution in [0.5, 0.6) is 0 Å². The lowest BCUT2D eigenvalue weighted by atomic mass is 10.0. The van der Waals surface area contributed by atoms with Crippen molar-refractivity contribution >= 4 is 29.1 Å². The highest BCUT2D eigenvalue weighted by Crippen LogP contribution is 2.22. The van der Waals surface area contributed by atoms with Crippen LogP contribution in [0.25, 0.3) is 0 Å². The molecule has 2 amide bonds. The van der Waals surface area contributed by atoms with Crippen LogP contribution < -0.4 is 11.1 Å². The maximum atomic E-state index is 13.0. The van der Waals surface area contributed by atoms with Crippen LogP contribution in [0.2, 0.25) is 0 Å². The van der Waals surface area contributed by atoms with Gasteiger partial charge in [0.15, 0.2) is 11.6 Å². The van der Waals surface area contributed by atoms with Gasteiger partial charge in [-0.15, -0.1) is 0 Å². The van der Waals surface area contributed by atoms with Crippen molar-refractivity contribution in [2.75, 3.05) is 5.32 Å². The zero-order valence-corrected chi connectivity index (χ0v) is 17.4. The van der Waals surface area contributed by atoms with E-state index >= 15 is 0 Å². The van der Waals surface area contributed by atoms with Crippen molar-refractivity contribution in [3.8, 4) is 0 Å². The molecule has 1 aromatic carbocycles. The number of carbonyl (C=O) groups is 4. The van der Waals surface area contributed by atoms with E-state index in [4.69, 9.17) is 5.73 Å². The highest BCUT2D eigenvalue weighted by molar-refractivity contribution is 5.98. The number of ketones is 2. The van der Waals surface area contributed by atoms with E-state index in [2.05, 4.69) is 10.3 Å². The minimum Gasteiger partial charge on any atom is -0.363 e. The average molecular weight is 412 g/mol. The van der Waals surface area contributed by atoms with Crippen LogP contribution in [0.3, 0.4) is 0 Å². The van der Waals surface area contributed by atoms with E-state index in [1.807, 2.05) is 6.92 Å². The lowest BCUT2D eigenvalue weighted by Crippen LogP contribution is -2.29. The van der Waals surface area contributed by atoms with E-state index in [1.54, 1.807) is 30.5 Å². The van der Waals surface area contributed by atoms with Gasteiger partial charge >= 0.3 is 0 Å². The Morgan fingerprint density at radius 2 is 1.93 bits per heavy atom. The molecule has 1 atom stereocenters. The molecule has 8 heteroatoms. The molecule has 0 spiro atoms. The van der Waals surface area contributed by atoms with Crippen molar-refractivity contribution in [3.63, 3.8) is 0 Å². The first-order chi connectivity index (χ1) is 14.3. The SMILES string of the molecule is CCC(=O)CCCCC[C@@H](C(=O)Nc1cccc(C(C)=O)c1)n1ccnc1C(N)=O. The number of aromatic nitrogens is 2. The smallest absolute Gasteiger partial charge is 0.284 e. The Labute approximate surface area is 175 Å². The molecule has 30 heavy (non-hydrogen) atoms. The number of primary amides is 1. The van der Waals surface area contributed by atoms with Gasteiger partial charge < -0.3 is 15.6 Å². The molecule has 0 unspecified atom stereocenters. The van der Waals surface area contributed by atoms with Crippen molar-refractivity contribution in [1.82, 2.24) is 9.55 Å². The molecule has 0 bridgehead atoms. The second-order valence-electron chi connectivity index (χ2n) is 7.16. The summed E-state index contributed by atoms with van der Waals surface area (Å²) >= 11 is 0. The number of nitrogens with one attached hydrogen (secondary N) is 1. The Morgan fingerprint density at radius 1 is 1.17 bits per heavy atom. The quantitative estimate of drug-likeness (QED) is 0.409. The molecule has 0 aliphatic carbocycles. The molecule has 0 fully saturated rings. The van der Waals surface area contributed by atoms with Crippen LogP contribution in [0.1, 0.15) is 79.4 Å². The molecule has 2 rings (SSSR count). The normalized spacial score (nSPS) is 11.7. The van der Waals surface area contributed by atoms with E-state index in [1.165, 1.54) is 17.7 Å². The van der Waals surface area contributed by atoms with Crippen LogP contribution in [0.4, 0.5) is 5.69 Å². The molecular formula is C22H28N4O4.